The van der Waals surface area contributed by atoms with Crippen molar-refractivity contribution < 1.29 is 14.8 Å². The molecule has 138 valence electrons. The number of hydrogen-bond acceptors (Lipinski definition) is 3. The van der Waals surface area contributed by atoms with Crippen LogP contribution in [0.2, 0.25) is 0 Å². The number of quaternary nitrogens is 1. The lowest BCUT2D eigenvalue weighted by Crippen LogP contribution is -3.15. The molecule has 1 heterocycles. The second-order valence-electron chi connectivity index (χ2n) is 7.23. The highest BCUT2D eigenvalue weighted by molar-refractivity contribution is 5.91. The highest BCUT2D eigenvalue weighted by Gasteiger charge is 2.23. The van der Waals surface area contributed by atoms with Gasteiger partial charge in [-0.15, -0.1) is 0 Å². The molecule has 0 radical (unpaired) electrons. The first-order valence-corrected chi connectivity index (χ1v) is 9.29. The van der Waals surface area contributed by atoms with Crippen molar-refractivity contribution in [3.8, 4) is 5.75 Å². The normalized spacial score (nSPS) is 15.3. The van der Waals surface area contributed by atoms with Crippen LogP contribution in [0.5, 0.6) is 5.75 Å². The number of benzene rings is 2. The standard InChI is InChI=1S/C21H27N3O2/c1-16(2)17-7-9-18(10-8-17)22-21(26)15-23-11-13-24(14-12-23)19-5-3-4-6-20(19)25/h3-10,16,25H,11-15H2,1-2H3,(H,22,26)/p+1. The molecule has 0 saturated carbocycles. The highest BCUT2D eigenvalue weighted by Crippen LogP contribution is 2.26. The average molecular weight is 354 g/mol. The number of carbonyl (C=O) groups excluding carboxylic acids is 1. The summed E-state index contributed by atoms with van der Waals surface area (Å²) in [4.78, 5) is 15.8. The molecule has 1 aliphatic rings. The van der Waals surface area contributed by atoms with Crippen molar-refractivity contribution in [1.29, 1.82) is 0 Å². The summed E-state index contributed by atoms with van der Waals surface area (Å²) >= 11 is 0. The van der Waals surface area contributed by atoms with E-state index in [0.717, 1.165) is 37.6 Å². The number of carbonyl (C=O) groups is 1. The Hall–Kier alpha value is -2.53. The van der Waals surface area contributed by atoms with Gasteiger partial charge in [0.15, 0.2) is 6.54 Å². The number of rotatable bonds is 5. The largest absolute Gasteiger partial charge is 0.506 e. The summed E-state index contributed by atoms with van der Waals surface area (Å²) in [6.45, 7) is 8.23. The van der Waals surface area contributed by atoms with Crippen LogP contribution < -0.4 is 15.1 Å². The summed E-state index contributed by atoms with van der Waals surface area (Å²) in [6, 6.07) is 15.5. The molecule has 0 unspecified atom stereocenters. The minimum Gasteiger partial charge on any atom is -0.506 e. The van der Waals surface area contributed by atoms with Crippen molar-refractivity contribution in [1.82, 2.24) is 0 Å². The predicted molar refractivity (Wildman–Crippen MR) is 105 cm³/mol. The quantitative estimate of drug-likeness (QED) is 0.768. The van der Waals surface area contributed by atoms with Gasteiger partial charge >= 0.3 is 0 Å². The number of aromatic hydroxyl groups is 1. The molecule has 0 aromatic heterocycles. The zero-order valence-corrected chi connectivity index (χ0v) is 15.5. The monoisotopic (exact) mass is 354 g/mol. The Bertz CT molecular complexity index is 735. The molecule has 3 rings (SSSR count). The SMILES string of the molecule is CC(C)c1ccc(NC(=O)C[NH+]2CCN(c3ccccc3O)CC2)cc1. The second kappa shape index (κ2) is 8.23. The zero-order chi connectivity index (χ0) is 18.5. The van der Waals surface area contributed by atoms with E-state index in [9.17, 15) is 9.90 Å². The summed E-state index contributed by atoms with van der Waals surface area (Å²) in [6.07, 6.45) is 0. The summed E-state index contributed by atoms with van der Waals surface area (Å²) in [5.74, 6) is 0.858. The van der Waals surface area contributed by atoms with Gasteiger partial charge in [0.05, 0.1) is 31.9 Å². The first kappa shape index (κ1) is 18.3. The molecule has 26 heavy (non-hydrogen) atoms. The topological polar surface area (TPSA) is 57.0 Å². The van der Waals surface area contributed by atoms with Crippen LogP contribution in [0.1, 0.15) is 25.3 Å². The maximum atomic E-state index is 12.3. The molecule has 1 saturated heterocycles. The van der Waals surface area contributed by atoms with Crippen molar-refractivity contribution in [3.63, 3.8) is 0 Å². The molecular formula is C21H28N3O2+. The molecule has 1 amide bonds. The summed E-state index contributed by atoms with van der Waals surface area (Å²) in [7, 11) is 0. The summed E-state index contributed by atoms with van der Waals surface area (Å²) in [5, 5.41) is 13.0. The molecule has 1 fully saturated rings. The fraction of sp³-hybridized carbons (Fsp3) is 0.381. The fourth-order valence-corrected chi connectivity index (χ4v) is 3.36. The summed E-state index contributed by atoms with van der Waals surface area (Å²) in [5.41, 5.74) is 3.00. The van der Waals surface area contributed by atoms with E-state index in [-0.39, 0.29) is 5.91 Å². The summed E-state index contributed by atoms with van der Waals surface area (Å²) < 4.78 is 0. The third-order valence-electron chi connectivity index (χ3n) is 4.96. The Kier molecular flexibility index (Phi) is 5.78. The Morgan fingerprint density at radius 2 is 1.77 bits per heavy atom. The first-order chi connectivity index (χ1) is 12.5. The van der Waals surface area contributed by atoms with Crippen molar-refractivity contribution in [3.05, 3.63) is 54.1 Å². The van der Waals surface area contributed by atoms with E-state index in [1.807, 2.05) is 30.3 Å². The van der Waals surface area contributed by atoms with Crippen LogP contribution in [-0.4, -0.2) is 43.7 Å². The van der Waals surface area contributed by atoms with E-state index in [4.69, 9.17) is 0 Å². The minimum atomic E-state index is 0.0494. The van der Waals surface area contributed by atoms with E-state index in [1.165, 1.54) is 10.5 Å². The van der Waals surface area contributed by atoms with E-state index < -0.39 is 0 Å². The average Bonchev–Trinajstić information content (AvgIpc) is 2.63. The number of para-hydroxylation sites is 2. The molecule has 1 aliphatic heterocycles. The number of nitrogens with zero attached hydrogens (tertiary/aromatic N) is 1. The minimum absolute atomic E-state index is 0.0494. The number of piperazine rings is 1. The van der Waals surface area contributed by atoms with Gasteiger partial charge in [-0.3, -0.25) is 4.79 Å². The van der Waals surface area contributed by atoms with Gasteiger partial charge in [0.2, 0.25) is 0 Å². The molecule has 0 bridgehead atoms. The van der Waals surface area contributed by atoms with Gasteiger partial charge in [-0.1, -0.05) is 38.1 Å². The van der Waals surface area contributed by atoms with Crippen LogP contribution in [0, 0.1) is 0 Å². The fourth-order valence-electron chi connectivity index (χ4n) is 3.36. The van der Waals surface area contributed by atoms with Gasteiger partial charge in [0, 0.05) is 5.69 Å². The van der Waals surface area contributed by atoms with Gasteiger partial charge < -0.3 is 20.2 Å². The number of phenolic OH excluding ortho intramolecular Hbond substituents is 1. The molecule has 5 heteroatoms. The molecule has 0 atom stereocenters. The number of anilines is 2. The molecule has 5 nitrogen and oxygen atoms in total. The molecule has 0 spiro atoms. The van der Waals surface area contributed by atoms with E-state index in [2.05, 4.69) is 36.2 Å². The van der Waals surface area contributed by atoms with Crippen molar-refractivity contribution in [2.45, 2.75) is 19.8 Å². The maximum absolute atomic E-state index is 12.3. The van der Waals surface area contributed by atoms with E-state index in [0.29, 0.717) is 18.2 Å². The van der Waals surface area contributed by atoms with Gasteiger partial charge in [-0.05, 0) is 35.7 Å². The van der Waals surface area contributed by atoms with Crippen LogP contribution in [0.4, 0.5) is 11.4 Å². The van der Waals surface area contributed by atoms with Crippen LogP contribution >= 0.6 is 0 Å². The lowest BCUT2D eigenvalue weighted by molar-refractivity contribution is -0.892. The second-order valence-corrected chi connectivity index (χ2v) is 7.23. The highest BCUT2D eigenvalue weighted by atomic mass is 16.3. The Labute approximate surface area is 155 Å². The van der Waals surface area contributed by atoms with Crippen LogP contribution in [0.25, 0.3) is 0 Å². The Balaban J connectivity index is 1.48. The third kappa shape index (κ3) is 4.55. The van der Waals surface area contributed by atoms with Crippen LogP contribution in [0.15, 0.2) is 48.5 Å². The first-order valence-electron chi connectivity index (χ1n) is 9.29. The van der Waals surface area contributed by atoms with Gasteiger partial charge in [-0.2, -0.15) is 0 Å². The Morgan fingerprint density at radius 1 is 1.12 bits per heavy atom. The van der Waals surface area contributed by atoms with Crippen molar-refractivity contribution >= 4 is 17.3 Å². The molecule has 2 aromatic rings. The molecule has 0 aliphatic carbocycles. The number of nitrogens with one attached hydrogen (secondary N) is 2. The van der Waals surface area contributed by atoms with Crippen molar-refractivity contribution in [2.75, 3.05) is 42.9 Å². The van der Waals surface area contributed by atoms with Gasteiger partial charge in [0.1, 0.15) is 5.75 Å². The number of amides is 1. The number of phenols is 1. The predicted octanol–water partition coefficient (Wildman–Crippen LogP) is 1.86. The van der Waals surface area contributed by atoms with Crippen molar-refractivity contribution in [2.24, 2.45) is 0 Å². The number of hydrogen-bond donors (Lipinski definition) is 3. The lowest BCUT2D eigenvalue weighted by Gasteiger charge is -2.33. The van der Waals surface area contributed by atoms with Crippen LogP contribution in [-0.2, 0) is 4.79 Å². The maximum Gasteiger partial charge on any atom is 0.279 e. The lowest BCUT2D eigenvalue weighted by atomic mass is 10.0. The van der Waals surface area contributed by atoms with E-state index >= 15 is 0 Å². The van der Waals surface area contributed by atoms with E-state index in [1.54, 1.807) is 6.07 Å². The van der Waals surface area contributed by atoms with Gasteiger partial charge in [-0.25, -0.2) is 0 Å². The smallest absolute Gasteiger partial charge is 0.279 e. The Morgan fingerprint density at radius 3 is 2.38 bits per heavy atom. The zero-order valence-electron chi connectivity index (χ0n) is 15.5. The third-order valence-corrected chi connectivity index (χ3v) is 4.96. The molecular weight excluding hydrogens is 326 g/mol. The van der Waals surface area contributed by atoms with Crippen LogP contribution in [0.3, 0.4) is 0 Å². The molecule has 2 aromatic carbocycles. The van der Waals surface area contributed by atoms with Gasteiger partial charge in [0.25, 0.3) is 5.91 Å². The molecule has 3 N–H and O–H groups in total.